The molecule has 1 aliphatic rings. The van der Waals surface area contributed by atoms with Gasteiger partial charge in [-0.05, 0) is 43.9 Å². The highest BCUT2D eigenvalue weighted by molar-refractivity contribution is 5.88. The molecule has 1 aliphatic carbocycles. The van der Waals surface area contributed by atoms with Gasteiger partial charge >= 0.3 is 0 Å². The van der Waals surface area contributed by atoms with Crippen LogP contribution in [0.1, 0.15) is 38.2 Å². The van der Waals surface area contributed by atoms with Crippen LogP contribution in [0.25, 0.3) is 0 Å². The minimum absolute atomic E-state index is 0.106. The Kier molecular flexibility index (Phi) is 8.33. The molecule has 0 aliphatic heterocycles. The van der Waals surface area contributed by atoms with E-state index in [0.29, 0.717) is 24.5 Å². The SMILES string of the molecule is COc1ccccc1OCC(=O)N(CCc1ccccc1)[C@@H](C)C(=O)NC1CCCC1. The Morgan fingerprint density at radius 1 is 1.03 bits per heavy atom. The molecule has 1 saturated carbocycles. The van der Waals surface area contributed by atoms with Crippen LogP contribution >= 0.6 is 0 Å². The van der Waals surface area contributed by atoms with E-state index in [4.69, 9.17) is 9.47 Å². The smallest absolute Gasteiger partial charge is 0.261 e. The molecular formula is C25H32N2O4. The van der Waals surface area contributed by atoms with Crippen LogP contribution in [-0.2, 0) is 16.0 Å². The van der Waals surface area contributed by atoms with Gasteiger partial charge in [0, 0.05) is 12.6 Å². The largest absolute Gasteiger partial charge is 0.493 e. The summed E-state index contributed by atoms with van der Waals surface area (Å²) in [5, 5.41) is 3.11. The fourth-order valence-corrected chi connectivity index (χ4v) is 3.92. The molecule has 2 aromatic carbocycles. The molecule has 0 heterocycles. The molecular weight excluding hydrogens is 392 g/mol. The van der Waals surface area contributed by atoms with Crippen LogP contribution in [0.3, 0.4) is 0 Å². The van der Waals surface area contributed by atoms with Gasteiger partial charge < -0.3 is 19.7 Å². The summed E-state index contributed by atoms with van der Waals surface area (Å²) < 4.78 is 11.0. The third-order valence-corrected chi connectivity index (χ3v) is 5.77. The molecule has 6 heteroatoms. The third kappa shape index (κ3) is 6.48. The van der Waals surface area contributed by atoms with Crippen LogP contribution in [-0.4, -0.2) is 49.1 Å². The lowest BCUT2D eigenvalue weighted by Gasteiger charge is -2.29. The van der Waals surface area contributed by atoms with E-state index in [1.807, 2.05) is 42.5 Å². The first-order valence-electron chi connectivity index (χ1n) is 11.0. The van der Waals surface area contributed by atoms with Gasteiger partial charge in [0.15, 0.2) is 18.1 Å². The first-order valence-corrected chi connectivity index (χ1v) is 11.0. The number of nitrogens with zero attached hydrogens (tertiary/aromatic N) is 1. The molecule has 6 nitrogen and oxygen atoms in total. The van der Waals surface area contributed by atoms with E-state index < -0.39 is 6.04 Å². The van der Waals surface area contributed by atoms with Crippen molar-refractivity contribution in [1.82, 2.24) is 10.2 Å². The monoisotopic (exact) mass is 424 g/mol. The number of hydrogen-bond acceptors (Lipinski definition) is 4. The van der Waals surface area contributed by atoms with Crippen molar-refractivity contribution < 1.29 is 19.1 Å². The van der Waals surface area contributed by atoms with Gasteiger partial charge in [0.1, 0.15) is 6.04 Å². The Bertz CT molecular complexity index is 850. The zero-order chi connectivity index (χ0) is 22.1. The maximum atomic E-state index is 13.1. The average Bonchev–Trinajstić information content (AvgIpc) is 3.31. The molecule has 2 aromatic rings. The maximum absolute atomic E-state index is 13.1. The van der Waals surface area contributed by atoms with Crippen molar-refractivity contribution in [3.63, 3.8) is 0 Å². The summed E-state index contributed by atoms with van der Waals surface area (Å²) in [6.45, 7) is 2.07. The molecule has 2 amide bonds. The number of methoxy groups -OCH3 is 1. The molecule has 0 bridgehead atoms. The van der Waals surface area contributed by atoms with Crippen molar-refractivity contribution in [2.75, 3.05) is 20.3 Å². The van der Waals surface area contributed by atoms with Gasteiger partial charge in [-0.15, -0.1) is 0 Å². The van der Waals surface area contributed by atoms with Crippen LogP contribution in [0.4, 0.5) is 0 Å². The number of carbonyl (C=O) groups is 2. The second-order valence-corrected chi connectivity index (χ2v) is 7.93. The summed E-state index contributed by atoms with van der Waals surface area (Å²) in [5.41, 5.74) is 1.12. The van der Waals surface area contributed by atoms with Gasteiger partial charge in [0.25, 0.3) is 5.91 Å². The van der Waals surface area contributed by atoms with E-state index in [-0.39, 0.29) is 24.5 Å². The maximum Gasteiger partial charge on any atom is 0.261 e. The number of nitrogens with one attached hydrogen (secondary N) is 1. The summed E-state index contributed by atoms with van der Waals surface area (Å²) in [7, 11) is 1.56. The Morgan fingerprint density at radius 2 is 1.68 bits per heavy atom. The van der Waals surface area contributed by atoms with Crippen molar-refractivity contribution in [1.29, 1.82) is 0 Å². The minimum Gasteiger partial charge on any atom is -0.493 e. The molecule has 0 saturated heterocycles. The molecule has 0 radical (unpaired) electrons. The van der Waals surface area contributed by atoms with E-state index in [0.717, 1.165) is 31.2 Å². The van der Waals surface area contributed by atoms with E-state index in [9.17, 15) is 9.59 Å². The Hall–Kier alpha value is -3.02. The molecule has 1 fully saturated rings. The quantitative estimate of drug-likeness (QED) is 0.633. The number of carbonyl (C=O) groups excluding carboxylic acids is 2. The van der Waals surface area contributed by atoms with Gasteiger partial charge in [-0.2, -0.15) is 0 Å². The summed E-state index contributed by atoms with van der Waals surface area (Å²) in [5.74, 6) is 0.740. The van der Waals surface area contributed by atoms with Gasteiger partial charge in [-0.1, -0.05) is 55.3 Å². The molecule has 31 heavy (non-hydrogen) atoms. The highest BCUT2D eigenvalue weighted by Crippen LogP contribution is 2.25. The number of ether oxygens (including phenoxy) is 2. The lowest BCUT2D eigenvalue weighted by molar-refractivity contribution is -0.141. The minimum atomic E-state index is -0.571. The van der Waals surface area contributed by atoms with Crippen LogP contribution < -0.4 is 14.8 Å². The Morgan fingerprint density at radius 3 is 2.35 bits per heavy atom. The van der Waals surface area contributed by atoms with Crippen LogP contribution in [0, 0.1) is 0 Å². The van der Waals surface area contributed by atoms with Crippen molar-refractivity contribution in [2.45, 2.75) is 51.1 Å². The average molecular weight is 425 g/mol. The van der Waals surface area contributed by atoms with Crippen molar-refractivity contribution in [3.05, 3.63) is 60.2 Å². The summed E-state index contributed by atoms with van der Waals surface area (Å²) in [6.07, 6.45) is 4.97. The Labute approximate surface area is 184 Å². The molecule has 166 valence electrons. The number of benzene rings is 2. The number of amides is 2. The van der Waals surface area contributed by atoms with Crippen LogP contribution in [0.2, 0.25) is 0 Å². The molecule has 1 atom stereocenters. The second kappa shape index (κ2) is 11.4. The fraction of sp³-hybridized carbons (Fsp3) is 0.440. The summed E-state index contributed by atoms with van der Waals surface area (Å²) in [6, 6.07) is 16.8. The summed E-state index contributed by atoms with van der Waals surface area (Å²) >= 11 is 0. The molecule has 3 rings (SSSR count). The van der Waals surface area contributed by atoms with Crippen LogP contribution in [0.15, 0.2) is 54.6 Å². The topological polar surface area (TPSA) is 67.9 Å². The lowest BCUT2D eigenvalue weighted by Crippen LogP contribution is -2.51. The highest BCUT2D eigenvalue weighted by atomic mass is 16.5. The molecule has 1 N–H and O–H groups in total. The Balaban J connectivity index is 1.67. The first-order chi connectivity index (χ1) is 15.1. The number of rotatable bonds is 10. The number of hydrogen-bond donors (Lipinski definition) is 1. The fourth-order valence-electron chi connectivity index (χ4n) is 3.92. The number of para-hydroxylation sites is 2. The first kappa shape index (κ1) is 22.7. The van der Waals surface area contributed by atoms with Crippen molar-refractivity contribution in [3.8, 4) is 11.5 Å². The van der Waals surface area contributed by atoms with E-state index >= 15 is 0 Å². The highest BCUT2D eigenvalue weighted by Gasteiger charge is 2.28. The molecule has 0 unspecified atom stereocenters. The van der Waals surface area contributed by atoms with Crippen LogP contribution in [0.5, 0.6) is 11.5 Å². The van der Waals surface area contributed by atoms with Gasteiger partial charge in [-0.3, -0.25) is 9.59 Å². The zero-order valence-electron chi connectivity index (χ0n) is 18.4. The molecule has 0 spiro atoms. The van der Waals surface area contributed by atoms with Gasteiger partial charge in [0.2, 0.25) is 5.91 Å². The molecule has 0 aromatic heterocycles. The van der Waals surface area contributed by atoms with E-state index in [2.05, 4.69) is 5.32 Å². The van der Waals surface area contributed by atoms with E-state index in [1.165, 1.54) is 0 Å². The lowest BCUT2D eigenvalue weighted by atomic mass is 10.1. The van der Waals surface area contributed by atoms with E-state index in [1.54, 1.807) is 31.1 Å². The van der Waals surface area contributed by atoms with Gasteiger partial charge in [0.05, 0.1) is 7.11 Å². The zero-order valence-corrected chi connectivity index (χ0v) is 18.4. The predicted molar refractivity (Wildman–Crippen MR) is 120 cm³/mol. The summed E-state index contributed by atoms with van der Waals surface area (Å²) in [4.78, 5) is 27.6. The predicted octanol–water partition coefficient (Wildman–Crippen LogP) is 3.59. The standard InChI is InChI=1S/C25H32N2O4/c1-19(25(29)26-21-12-6-7-13-21)27(17-16-20-10-4-3-5-11-20)24(28)18-31-23-15-9-8-14-22(23)30-2/h3-5,8-11,14-15,19,21H,6-7,12-13,16-18H2,1-2H3,(H,26,29)/t19-/m0/s1. The third-order valence-electron chi connectivity index (χ3n) is 5.77. The van der Waals surface area contributed by atoms with Gasteiger partial charge in [-0.25, -0.2) is 0 Å². The van der Waals surface area contributed by atoms with Crippen molar-refractivity contribution in [2.24, 2.45) is 0 Å². The second-order valence-electron chi connectivity index (χ2n) is 7.93. The van der Waals surface area contributed by atoms with Crippen molar-refractivity contribution >= 4 is 11.8 Å². The normalized spacial score (nSPS) is 14.6.